The van der Waals surface area contributed by atoms with E-state index in [1.54, 1.807) is 7.05 Å². The molecule has 2 bridgehead atoms. The first-order valence-corrected chi connectivity index (χ1v) is 7.59. The maximum Gasteiger partial charge on any atom is 0.226 e. The molecule has 3 heteroatoms. The van der Waals surface area contributed by atoms with E-state index in [2.05, 4.69) is 31.4 Å². The van der Waals surface area contributed by atoms with Gasteiger partial charge in [0, 0.05) is 19.6 Å². The molecule has 19 heavy (non-hydrogen) atoms. The van der Waals surface area contributed by atoms with Crippen LogP contribution in [0.15, 0.2) is 0 Å². The van der Waals surface area contributed by atoms with Crippen molar-refractivity contribution in [1.82, 2.24) is 10.6 Å². The Morgan fingerprint density at radius 3 is 2.42 bits per heavy atom. The lowest BCUT2D eigenvalue weighted by molar-refractivity contribution is -0.128. The second kappa shape index (κ2) is 4.47. The Bertz CT molecular complexity index is 370. The van der Waals surface area contributed by atoms with E-state index in [9.17, 15) is 4.79 Å². The number of fused-ring (bicyclic) bond motifs is 2. The molecule has 3 nitrogen and oxygen atoms in total. The van der Waals surface area contributed by atoms with Crippen LogP contribution in [0.25, 0.3) is 0 Å². The molecule has 0 heterocycles. The first-order chi connectivity index (χ1) is 8.63. The molecule has 0 aromatic heterocycles. The average Bonchev–Trinajstić information content (AvgIpc) is 2.78. The fraction of sp³-hybridized carbons (Fsp3) is 0.938. The van der Waals surface area contributed by atoms with Crippen LogP contribution in [0.1, 0.15) is 53.9 Å². The Hall–Kier alpha value is -0.570. The summed E-state index contributed by atoms with van der Waals surface area (Å²) >= 11 is 0. The topological polar surface area (TPSA) is 41.1 Å². The summed E-state index contributed by atoms with van der Waals surface area (Å²) in [5.41, 5.74) is 0.432. The zero-order chi connectivity index (χ0) is 14.5. The molecule has 0 saturated heterocycles. The molecule has 3 unspecified atom stereocenters. The van der Waals surface area contributed by atoms with E-state index >= 15 is 0 Å². The summed E-state index contributed by atoms with van der Waals surface area (Å²) in [5, 5.41) is 6.50. The molecule has 0 aliphatic heterocycles. The molecule has 3 atom stereocenters. The second-order valence-electron chi connectivity index (χ2n) is 8.19. The standard InChI is InChI=1S/C16H30N2O/c1-14(2,13(19)17-6)10-18-12-15(3,4)11-7-8-16(12,5)9-11/h11-12,18H,7-10H2,1-6H3,(H,17,19). The normalized spacial score (nSPS) is 36.5. The van der Waals surface area contributed by atoms with Gasteiger partial charge < -0.3 is 10.6 Å². The molecule has 110 valence electrons. The van der Waals surface area contributed by atoms with E-state index in [1.165, 1.54) is 19.3 Å². The highest BCUT2D eigenvalue weighted by molar-refractivity contribution is 5.81. The first-order valence-electron chi connectivity index (χ1n) is 7.59. The molecule has 2 N–H and O–H groups in total. The maximum atomic E-state index is 11.9. The van der Waals surface area contributed by atoms with Crippen molar-refractivity contribution in [2.24, 2.45) is 22.2 Å². The van der Waals surface area contributed by atoms with Gasteiger partial charge in [-0.25, -0.2) is 0 Å². The van der Waals surface area contributed by atoms with Crippen LogP contribution in [0, 0.1) is 22.2 Å². The van der Waals surface area contributed by atoms with Gasteiger partial charge in [0.25, 0.3) is 0 Å². The van der Waals surface area contributed by atoms with E-state index in [0.717, 1.165) is 12.5 Å². The van der Waals surface area contributed by atoms with Crippen LogP contribution >= 0.6 is 0 Å². The Kier molecular flexibility index (Phi) is 3.49. The number of hydrogen-bond acceptors (Lipinski definition) is 2. The third-order valence-electron chi connectivity index (χ3n) is 5.86. The number of carbonyl (C=O) groups is 1. The Morgan fingerprint density at radius 1 is 1.32 bits per heavy atom. The van der Waals surface area contributed by atoms with Crippen molar-refractivity contribution in [2.45, 2.75) is 59.9 Å². The lowest BCUT2D eigenvalue weighted by atomic mass is 9.68. The van der Waals surface area contributed by atoms with Gasteiger partial charge in [-0.3, -0.25) is 4.79 Å². The van der Waals surface area contributed by atoms with Gasteiger partial charge in [-0.2, -0.15) is 0 Å². The van der Waals surface area contributed by atoms with Gasteiger partial charge in [0.05, 0.1) is 5.41 Å². The third kappa shape index (κ3) is 2.31. The quantitative estimate of drug-likeness (QED) is 0.821. The highest BCUT2D eigenvalue weighted by atomic mass is 16.2. The minimum absolute atomic E-state index is 0.117. The van der Waals surface area contributed by atoms with Gasteiger partial charge >= 0.3 is 0 Å². The first kappa shape index (κ1) is 14.8. The number of rotatable bonds is 4. The van der Waals surface area contributed by atoms with Gasteiger partial charge in [0.15, 0.2) is 0 Å². The monoisotopic (exact) mass is 266 g/mol. The minimum Gasteiger partial charge on any atom is -0.359 e. The summed E-state index contributed by atoms with van der Waals surface area (Å²) in [6.07, 6.45) is 4.05. The molecule has 2 aliphatic rings. The molecular weight excluding hydrogens is 236 g/mol. The maximum absolute atomic E-state index is 11.9. The van der Waals surface area contributed by atoms with Gasteiger partial charge in [0.2, 0.25) is 5.91 Å². The van der Waals surface area contributed by atoms with Crippen LogP contribution in [-0.2, 0) is 4.79 Å². The van der Waals surface area contributed by atoms with Gasteiger partial charge in [-0.15, -0.1) is 0 Å². The zero-order valence-electron chi connectivity index (χ0n) is 13.4. The predicted octanol–water partition coefficient (Wildman–Crippen LogP) is 2.56. The van der Waals surface area contributed by atoms with E-state index < -0.39 is 0 Å². The minimum atomic E-state index is -0.344. The molecule has 2 saturated carbocycles. The summed E-state index contributed by atoms with van der Waals surface area (Å²) in [6, 6.07) is 0.530. The largest absolute Gasteiger partial charge is 0.359 e. The Balaban J connectivity index is 2.05. The molecule has 0 spiro atoms. The van der Waals surface area contributed by atoms with Crippen LogP contribution in [0.5, 0.6) is 0 Å². The average molecular weight is 266 g/mol. The number of amides is 1. The molecule has 1 amide bonds. The summed E-state index contributed by atoms with van der Waals surface area (Å²) in [4.78, 5) is 11.9. The number of carbonyl (C=O) groups excluding carboxylic acids is 1. The summed E-state index contributed by atoms with van der Waals surface area (Å²) in [5.74, 6) is 0.962. The fourth-order valence-electron chi connectivity index (χ4n) is 4.59. The van der Waals surface area contributed by atoms with Crippen LogP contribution in [0.2, 0.25) is 0 Å². The van der Waals surface area contributed by atoms with Crippen molar-refractivity contribution in [1.29, 1.82) is 0 Å². The van der Waals surface area contributed by atoms with E-state index in [0.29, 0.717) is 16.9 Å². The lowest BCUT2D eigenvalue weighted by Crippen LogP contribution is -2.54. The molecule has 0 aromatic rings. The van der Waals surface area contributed by atoms with Crippen molar-refractivity contribution >= 4 is 5.91 Å². The van der Waals surface area contributed by atoms with Gasteiger partial charge in [-0.05, 0) is 49.9 Å². The van der Waals surface area contributed by atoms with Gasteiger partial charge in [0.1, 0.15) is 0 Å². The zero-order valence-corrected chi connectivity index (χ0v) is 13.4. The number of hydrogen-bond donors (Lipinski definition) is 2. The van der Waals surface area contributed by atoms with Crippen LogP contribution in [0.3, 0.4) is 0 Å². The highest BCUT2D eigenvalue weighted by Gasteiger charge is 2.59. The Labute approximate surface area is 117 Å². The predicted molar refractivity (Wildman–Crippen MR) is 78.9 cm³/mol. The summed E-state index contributed by atoms with van der Waals surface area (Å²) in [6.45, 7) is 12.0. The Morgan fingerprint density at radius 2 is 1.95 bits per heavy atom. The molecule has 0 aromatic carbocycles. The van der Waals surface area contributed by atoms with Crippen molar-refractivity contribution in [2.75, 3.05) is 13.6 Å². The SMILES string of the molecule is CNC(=O)C(C)(C)CNC1C2(C)CCC(C2)C1(C)C. The smallest absolute Gasteiger partial charge is 0.226 e. The molecule has 0 radical (unpaired) electrons. The number of nitrogens with one attached hydrogen (secondary N) is 2. The fourth-order valence-corrected chi connectivity index (χ4v) is 4.59. The molecule has 2 rings (SSSR count). The van der Waals surface area contributed by atoms with Crippen molar-refractivity contribution in [3.8, 4) is 0 Å². The highest BCUT2D eigenvalue weighted by Crippen LogP contribution is 2.62. The van der Waals surface area contributed by atoms with Crippen LogP contribution < -0.4 is 10.6 Å². The molecule has 2 aliphatic carbocycles. The summed E-state index contributed by atoms with van der Waals surface area (Å²) in [7, 11) is 1.72. The molecular formula is C16H30N2O. The van der Waals surface area contributed by atoms with Crippen molar-refractivity contribution in [3.05, 3.63) is 0 Å². The lowest BCUT2D eigenvalue weighted by Gasteiger charge is -2.44. The van der Waals surface area contributed by atoms with E-state index in [1.807, 2.05) is 13.8 Å². The van der Waals surface area contributed by atoms with Crippen molar-refractivity contribution in [3.63, 3.8) is 0 Å². The third-order valence-corrected chi connectivity index (χ3v) is 5.86. The van der Waals surface area contributed by atoms with Gasteiger partial charge in [-0.1, -0.05) is 20.8 Å². The second-order valence-corrected chi connectivity index (χ2v) is 8.19. The van der Waals surface area contributed by atoms with Crippen LogP contribution in [-0.4, -0.2) is 25.5 Å². The van der Waals surface area contributed by atoms with E-state index in [-0.39, 0.29) is 11.3 Å². The van der Waals surface area contributed by atoms with Crippen molar-refractivity contribution < 1.29 is 4.79 Å². The van der Waals surface area contributed by atoms with Crippen LogP contribution in [0.4, 0.5) is 0 Å². The summed E-state index contributed by atoms with van der Waals surface area (Å²) < 4.78 is 0. The van der Waals surface area contributed by atoms with E-state index in [4.69, 9.17) is 0 Å². The molecule has 2 fully saturated rings.